The second-order valence-electron chi connectivity index (χ2n) is 7.10. The number of benzene rings is 1. The van der Waals surface area contributed by atoms with E-state index in [4.69, 9.17) is 14.2 Å². The summed E-state index contributed by atoms with van der Waals surface area (Å²) in [6.07, 6.45) is 2.04. The molecule has 186 valence electrons. The number of halogens is 3. The van der Waals surface area contributed by atoms with Gasteiger partial charge in [-0.2, -0.15) is 15.1 Å². The van der Waals surface area contributed by atoms with Gasteiger partial charge in [0.05, 0.1) is 25.9 Å². The Kier molecular flexibility index (Phi) is 6.80. The minimum Gasteiger partial charge on any atom is -0.478 e. The minimum absolute atomic E-state index is 0.0651. The van der Waals surface area contributed by atoms with Gasteiger partial charge in [0.15, 0.2) is 0 Å². The number of fused-ring (bicyclic) bond motifs is 1. The van der Waals surface area contributed by atoms with E-state index >= 15 is 0 Å². The summed E-state index contributed by atoms with van der Waals surface area (Å²) >= 11 is 3.51. The van der Waals surface area contributed by atoms with Crippen LogP contribution in [0.15, 0.2) is 40.1 Å². The van der Waals surface area contributed by atoms with Crippen molar-refractivity contribution in [1.82, 2.24) is 24.7 Å². The predicted octanol–water partition coefficient (Wildman–Crippen LogP) is 3.58. The lowest BCUT2D eigenvalue weighted by molar-refractivity contribution is 0.0781. The number of nitrogens with one attached hydrogen (secondary N) is 2. The molecular weight excluding hydrogens is 554 g/mol. The molecule has 0 aliphatic carbocycles. The molecule has 0 aliphatic rings. The first-order valence-electron chi connectivity index (χ1n) is 9.87. The van der Waals surface area contributed by atoms with Gasteiger partial charge in [0.25, 0.3) is 28.2 Å². The van der Waals surface area contributed by atoms with Crippen molar-refractivity contribution < 1.29 is 31.4 Å². The summed E-state index contributed by atoms with van der Waals surface area (Å²) < 4.78 is 71.5. The van der Waals surface area contributed by atoms with Gasteiger partial charge in [0.2, 0.25) is 11.7 Å². The van der Waals surface area contributed by atoms with Crippen molar-refractivity contribution in [2.75, 3.05) is 25.5 Å². The zero-order valence-electron chi connectivity index (χ0n) is 18.5. The van der Waals surface area contributed by atoms with E-state index in [1.54, 1.807) is 36.3 Å². The maximum Gasteiger partial charge on any atom is 0.272 e. The Hall–Kier alpha value is -3.46. The van der Waals surface area contributed by atoms with Crippen LogP contribution >= 0.6 is 15.9 Å². The molecule has 35 heavy (non-hydrogen) atoms. The first-order valence-corrected chi connectivity index (χ1v) is 12.1. The van der Waals surface area contributed by atoms with Crippen molar-refractivity contribution in [3.63, 3.8) is 0 Å². The number of sulfonamides is 1. The fraction of sp³-hybridized carbons (Fsp3) is 0.250. The number of ether oxygens (including phenoxy) is 3. The Bertz CT molecular complexity index is 1470. The summed E-state index contributed by atoms with van der Waals surface area (Å²) in [5.41, 5.74) is 2.08. The maximum atomic E-state index is 13.3. The van der Waals surface area contributed by atoms with Gasteiger partial charge >= 0.3 is 0 Å². The molecule has 4 rings (SSSR count). The molecule has 0 saturated carbocycles. The number of methoxy groups -OCH3 is 2. The van der Waals surface area contributed by atoms with Gasteiger partial charge in [0, 0.05) is 40.4 Å². The molecule has 0 atom stereocenters. The van der Waals surface area contributed by atoms with Crippen LogP contribution in [0.2, 0.25) is 0 Å². The summed E-state index contributed by atoms with van der Waals surface area (Å²) in [6, 6.07) is 3.38. The number of nitrogens with zero attached hydrogens (tertiary/aromatic N) is 4. The first kappa shape index (κ1) is 24.7. The highest BCUT2D eigenvalue weighted by Gasteiger charge is 2.26. The summed E-state index contributed by atoms with van der Waals surface area (Å²) in [7, 11) is 0.000297. The van der Waals surface area contributed by atoms with Crippen LogP contribution < -0.4 is 18.9 Å². The van der Waals surface area contributed by atoms with Gasteiger partial charge in [-0.25, -0.2) is 21.9 Å². The molecular formula is C20H19BrF2N6O5S. The third-order valence-corrected chi connectivity index (χ3v) is 6.85. The van der Waals surface area contributed by atoms with Crippen molar-refractivity contribution in [1.29, 1.82) is 0 Å². The predicted molar refractivity (Wildman–Crippen MR) is 126 cm³/mol. The molecule has 0 spiro atoms. The number of aromatic nitrogens is 5. The Labute approximate surface area is 206 Å². The van der Waals surface area contributed by atoms with E-state index in [0.717, 1.165) is 15.6 Å². The lowest BCUT2D eigenvalue weighted by Crippen LogP contribution is -2.16. The normalized spacial score (nSPS) is 11.7. The minimum atomic E-state index is -4.21. The maximum absolute atomic E-state index is 13.3. The fourth-order valence-electron chi connectivity index (χ4n) is 3.38. The number of rotatable bonds is 9. The lowest BCUT2D eigenvalue weighted by atomic mass is 10.1. The number of hydrogen-bond acceptors (Lipinski definition) is 8. The average Bonchev–Trinajstić information content (AvgIpc) is 3.43. The quantitative estimate of drug-likeness (QED) is 0.311. The Morgan fingerprint density at radius 2 is 1.89 bits per heavy atom. The summed E-state index contributed by atoms with van der Waals surface area (Å²) in [5, 5.41) is 4.59. The van der Waals surface area contributed by atoms with Crippen molar-refractivity contribution in [3.05, 3.63) is 35.2 Å². The molecule has 0 bridgehead atoms. The highest BCUT2D eigenvalue weighted by molar-refractivity contribution is 9.10. The second-order valence-corrected chi connectivity index (χ2v) is 9.61. The molecule has 0 aliphatic heterocycles. The molecule has 3 aromatic heterocycles. The van der Waals surface area contributed by atoms with Crippen LogP contribution in [-0.4, -0.2) is 60.4 Å². The molecule has 0 unspecified atom stereocenters. The van der Waals surface area contributed by atoms with E-state index in [9.17, 15) is 17.2 Å². The van der Waals surface area contributed by atoms with E-state index in [2.05, 4.69) is 40.7 Å². The lowest BCUT2D eigenvalue weighted by Gasteiger charge is -2.14. The van der Waals surface area contributed by atoms with Gasteiger partial charge in [-0.3, -0.25) is 4.68 Å². The van der Waals surface area contributed by atoms with Crippen molar-refractivity contribution in [3.8, 4) is 28.6 Å². The van der Waals surface area contributed by atoms with E-state index in [1.165, 1.54) is 20.4 Å². The molecule has 0 amide bonds. The van der Waals surface area contributed by atoms with E-state index < -0.39 is 29.0 Å². The van der Waals surface area contributed by atoms with E-state index in [-0.39, 0.29) is 22.4 Å². The number of hydrogen-bond donors (Lipinski definition) is 2. The molecule has 11 nitrogen and oxygen atoms in total. The van der Waals surface area contributed by atoms with Crippen LogP contribution in [0.3, 0.4) is 0 Å². The van der Waals surface area contributed by atoms with Crippen LogP contribution in [0.25, 0.3) is 22.0 Å². The van der Waals surface area contributed by atoms with Crippen LogP contribution in [0, 0.1) is 0 Å². The topological polar surface area (TPSA) is 133 Å². The van der Waals surface area contributed by atoms with Crippen molar-refractivity contribution in [2.24, 2.45) is 7.05 Å². The molecule has 4 aromatic rings. The molecule has 0 saturated heterocycles. The van der Waals surface area contributed by atoms with Crippen molar-refractivity contribution >= 4 is 42.8 Å². The fourth-order valence-corrected chi connectivity index (χ4v) is 5.06. The molecule has 1 aromatic carbocycles. The monoisotopic (exact) mass is 572 g/mol. The van der Waals surface area contributed by atoms with Gasteiger partial charge in [0.1, 0.15) is 11.5 Å². The SMILES string of the molecule is COc1nc(NS(=O)(=O)c2c[nH]c3c(-c4cnn(C)c4)c(Br)ccc23)nc(OC)c1OCC(F)F. The number of H-pyrrole nitrogens is 1. The van der Waals surface area contributed by atoms with Crippen molar-refractivity contribution in [2.45, 2.75) is 11.3 Å². The number of anilines is 1. The number of alkyl halides is 2. The first-order chi connectivity index (χ1) is 16.6. The highest BCUT2D eigenvalue weighted by atomic mass is 79.9. The molecule has 3 heterocycles. The van der Waals surface area contributed by atoms with Gasteiger partial charge in [-0.1, -0.05) is 22.0 Å². The summed E-state index contributed by atoms with van der Waals surface area (Å²) in [6.45, 7) is -0.953. The van der Waals surface area contributed by atoms with Crippen LogP contribution in [0.5, 0.6) is 17.5 Å². The Morgan fingerprint density at radius 3 is 2.46 bits per heavy atom. The van der Waals surface area contributed by atoms with E-state index in [0.29, 0.717) is 10.9 Å². The Balaban J connectivity index is 1.74. The summed E-state index contributed by atoms with van der Waals surface area (Å²) in [5.74, 6) is -1.24. The molecule has 0 radical (unpaired) electrons. The number of aryl methyl sites for hydroxylation is 1. The van der Waals surface area contributed by atoms with Crippen LogP contribution in [0.4, 0.5) is 14.7 Å². The zero-order chi connectivity index (χ0) is 25.3. The molecule has 2 N–H and O–H groups in total. The van der Waals surface area contributed by atoms with Gasteiger partial charge in [-0.15, -0.1) is 0 Å². The molecule has 15 heteroatoms. The summed E-state index contributed by atoms with van der Waals surface area (Å²) in [4.78, 5) is 10.8. The van der Waals surface area contributed by atoms with E-state index in [1.807, 2.05) is 0 Å². The second kappa shape index (κ2) is 9.65. The zero-order valence-corrected chi connectivity index (χ0v) is 20.9. The smallest absolute Gasteiger partial charge is 0.272 e. The third kappa shape index (κ3) is 4.86. The average molecular weight is 573 g/mol. The molecule has 0 fully saturated rings. The van der Waals surface area contributed by atoms with Crippen LogP contribution in [-0.2, 0) is 17.1 Å². The van der Waals surface area contributed by atoms with Gasteiger partial charge in [-0.05, 0) is 6.07 Å². The number of aromatic amines is 1. The third-order valence-electron chi connectivity index (χ3n) is 4.82. The van der Waals surface area contributed by atoms with Gasteiger partial charge < -0.3 is 19.2 Å². The van der Waals surface area contributed by atoms with Crippen LogP contribution in [0.1, 0.15) is 0 Å². The standard InChI is InChI=1S/C20H19BrF2N6O5S/c1-29-8-10(6-25-29)15-12(21)5-4-11-13(7-24-16(11)15)35(30,31)28-20-26-18(32-2)17(19(27-20)33-3)34-9-14(22)23/h4-8,14,24H,9H2,1-3H3,(H,26,27,28). The Morgan fingerprint density at radius 1 is 1.20 bits per heavy atom. The highest BCUT2D eigenvalue weighted by Crippen LogP contribution is 2.38. The largest absolute Gasteiger partial charge is 0.478 e.